The van der Waals surface area contributed by atoms with Gasteiger partial charge in [-0.1, -0.05) is 114 Å². The molecule has 46 heavy (non-hydrogen) atoms. The lowest BCUT2D eigenvalue weighted by molar-refractivity contribution is -0.147. The van der Waals surface area contributed by atoms with Gasteiger partial charge in [-0.15, -0.1) is 0 Å². The van der Waals surface area contributed by atoms with Crippen LogP contribution in [0.5, 0.6) is 0 Å². The molecule has 0 aromatic rings. The third-order valence-electron chi connectivity index (χ3n) is 7.01. The molecule has 0 aliphatic rings. The van der Waals surface area contributed by atoms with Gasteiger partial charge in [0.2, 0.25) is 5.91 Å². The van der Waals surface area contributed by atoms with E-state index < -0.39 is 26.5 Å². The molecule has 266 valence electrons. The lowest BCUT2D eigenvalue weighted by atomic mass is 10.1. The summed E-state index contributed by atoms with van der Waals surface area (Å²) in [4.78, 5) is 33.3. The van der Waals surface area contributed by atoms with Crippen molar-refractivity contribution >= 4 is 19.7 Å². The van der Waals surface area contributed by atoms with Gasteiger partial charge in [0, 0.05) is 19.4 Å². The largest absolute Gasteiger partial charge is 0.472 e. The van der Waals surface area contributed by atoms with Crippen molar-refractivity contribution in [3.8, 4) is 0 Å². The average molecular weight is 670 g/mol. The molecule has 0 aliphatic heterocycles. The number of aliphatic hydroxyl groups is 1. The van der Waals surface area contributed by atoms with Crippen molar-refractivity contribution in [2.24, 2.45) is 0 Å². The fourth-order valence-corrected chi connectivity index (χ4v) is 5.06. The van der Waals surface area contributed by atoms with Crippen molar-refractivity contribution in [1.29, 1.82) is 0 Å². The molecule has 0 heterocycles. The van der Waals surface area contributed by atoms with Crippen LogP contribution in [0.2, 0.25) is 0 Å². The number of phosphoric ester groups is 1. The van der Waals surface area contributed by atoms with Gasteiger partial charge in [0.05, 0.1) is 13.2 Å². The van der Waals surface area contributed by atoms with Crippen molar-refractivity contribution < 1.29 is 37.9 Å². The van der Waals surface area contributed by atoms with Gasteiger partial charge < -0.3 is 20.1 Å². The van der Waals surface area contributed by atoms with Crippen molar-refractivity contribution in [1.82, 2.24) is 5.32 Å². The Kier molecular flexibility index (Phi) is 31.4. The fraction of sp³-hybridized carbons (Fsp3) is 0.722. The van der Waals surface area contributed by atoms with E-state index in [1.807, 2.05) is 0 Å². The minimum atomic E-state index is -4.40. The van der Waals surface area contributed by atoms with Gasteiger partial charge in [0.25, 0.3) is 0 Å². The standard InChI is InChI=1S/C36H64NO8P/c1-3-5-7-9-10-11-12-13-14-15-16-17-18-19-20-21-22-23-24-25-26-28-35(39)37-30-31-44-46(41,42)45-33-34(38)32-43-36(40)29-27-8-6-4-2/h10-11,13-14,16-17,19-20,34,38H,3-9,12,15,18,21-33H2,1-2H3,(H,37,39)(H,41,42)/b11-10-,14-13-,17-16-,20-19-. The molecule has 1 amide bonds. The number of nitrogens with one attached hydrogen (secondary N) is 1. The summed E-state index contributed by atoms with van der Waals surface area (Å²) >= 11 is 0. The number of carbonyl (C=O) groups excluding carboxylic acids is 2. The molecule has 0 saturated heterocycles. The number of unbranched alkanes of at least 4 members (excludes halogenated alkanes) is 11. The lowest BCUT2D eigenvalue weighted by Gasteiger charge is -2.15. The zero-order valence-corrected chi connectivity index (χ0v) is 29.6. The highest BCUT2D eigenvalue weighted by atomic mass is 31.2. The van der Waals surface area contributed by atoms with Gasteiger partial charge in [-0.25, -0.2) is 4.57 Å². The molecule has 10 heteroatoms. The monoisotopic (exact) mass is 669 g/mol. The molecule has 0 spiro atoms. The number of phosphoric acid groups is 1. The van der Waals surface area contributed by atoms with E-state index in [1.54, 1.807) is 0 Å². The molecule has 0 aliphatic carbocycles. The number of rotatable bonds is 32. The first kappa shape index (κ1) is 44.0. The SMILES string of the molecule is CCCCC/C=C\C/C=C\C/C=C\C/C=C\CCCCCCCC(=O)NCCOP(=O)(O)OCC(O)COC(=O)CCCCCC. The zero-order valence-electron chi connectivity index (χ0n) is 28.8. The molecule has 0 saturated carbocycles. The number of hydrogen-bond acceptors (Lipinski definition) is 7. The maximum Gasteiger partial charge on any atom is 0.472 e. The summed E-state index contributed by atoms with van der Waals surface area (Å²) in [5, 5.41) is 12.5. The first-order valence-corrected chi connectivity index (χ1v) is 19.1. The summed E-state index contributed by atoms with van der Waals surface area (Å²) in [7, 11) is -4.40. The molecule has 2 atom stereocenters. The van der Waals surface area contributed by atoms with E-state index >= 15 is 0 Å². The molecule has 3 N–H and O–H groups in total. The van der Waals surface area contributed by atoms with E-state index in [0.29, 0.717) is 6.42 Å². The first-order chi connectivity index (χ1) is 22.3. The van der Waals surface area contributed by atoms with E-state index in [9.17, 15) is 24.2 Å². The summed E-state index contributed by atoms with van der Waals surface area (Å²) in [5.74, 6) is -0.557. The third-order valence-corrected chi connectivity index (χ3v) is 8.00. The average Bonchev–Trinajstić information content (AvgIpc) is 3.04. The van der Waals surface area contributed by atoms with Gasteiger partial charge >= 0.3 is 13.8 Å². The highest BCUT2D eigenvalue weighted by Gasteiger charge is 2.23. The van der Waals surface area contributed by atoms with Crippen LogP contribution >= 0.6 is 7.82 Å². The van der Waals surface area contributed by atoms with Crippen LogP contribution in [0.15, 0.2) is 48.6 Å². The molecule has 0 bridgehead atoms. The van der Waals surface area contributed by atoms with E-state index in [2.05, 4.69) is 67.8 Å². The van der Waals surface area contributed by atoms with E-state index in [0.717, 1.165) is 83.5 Å². The van der Waals surface area contributed by atoms with Crippen molar-refractivity contribution in [3.05, 3.63) is 48.6 Å². The van der Waals surface area contributed by atoms with Crippen LogP contribution in [0.1, 0.15) is 136 Å². The second kappa shape index (κ2) is 32.9. The van der Waals surface area contributed by atoms with Crippen LogP contribution in [0.4, 0.5) is 0 Å². The van der Waals surface area contributed by atoms with Crippen LogP contribution in [-0.4, -0.2) is 54.3 Å². The zero-order chi connectivity index (χ0) is 34.0. The molecule has 0 rings (SSSR count). The minimum Gasteiger partial charge on any atom is -0.463 e. The Morgan fingerprint density at radius 3 is 1.80 bits per heavy atom. The van der Waals surface area contributed by atoms with Crippen LogP contribution in [-0.2, 0) is 27.9 Å². The van der Waals surface area contributed by atoms with Crippen LogP contribution in [0, 0.1) is 0 Å². The predicted octanol–water partition coefficient (Wildman–Crippen LogP) is 8.82. The quantitative estimate of drug-likeness (QED) is 0.0280. The number of aliphatic hydroxyl groups excluding tert-OH is 1. The number of allylic oxidation sites excluding steroid dienone is 8. The molecule has 0 radical (unpaired) electrons. The summed E-state index contributed by atoms with van der Waals surface area (Å²) in [5.41, 5.74) is 0. The van der Waals surface area contributed by atoms with Gasteiger partial charge in [-0.3, -0.25) is 18.6 Å². The summed E-state index contributed by atoms with van der Waals surface area (Å²) in [6.07, 6.45) is 35.3. The number of hydrogen-bond donors (Lipinski definition) is 3. The summed E-state index contributed by atoms with van der Waals surface area (Å²) in [6.45, 7) is 3.32. The minimum absolute atomic E-state index is 0.0695. The topological polar surface area (TPSA) is 131 Å². The van der Waals surface area contributed by atoms with E-state index in [-0.39, 0.29) is 32.1 Å². The van der Waals surface area contributed by atoms with Gasteiger partial charge in [0.1, 0.15) is 12.7 Å². The maximum absolute atomic E-state index is 12.0. The maximum atomic E-state index is 12.0. The normalized spacial score (nSPS) is 14.1. The molecular weight excluding hydrogens is 605 g/mol. The van der Waals surface area contributed by atoms with Crippen LogP contribution < -0.4 is 5.32 Å². The number of esters is 1. The number of ether oxygens (including phenoxy) is 1. The number of carbonyl (C=O) groups is 2. The van der Waals surface area contributed by atoms with Crippen molar-refractivity contribution in [3.63, 3.8) is 0 Å². The van der Waals surface area contributed by atoms with Crippen molar-refractivity contribution in [2.75, 3.05) is 26.4 Å². The molecular formula is C36H64NO8P. The predicted molar refractivity (Wildman–Crippen MR) is 187 cm³/mol. The highest BCUT2D eigenvalue weighted by molar-refractivity contribution is 7.47. The highest BCUT2D eigenvalue weighted by Crippen LogP contribution is 2.42. The van der Waals surface area contributed by atoms with Crippen molar-refractivity contribution in [2.45, 2.75) is 142 Å². The Bertz CT molecular complexity index is 902. The Hall–Kier alpha value is -2.03. The van der Waals surface area contributed by atoms with E-state index in [4.69, 9.17) is 13.8 Å². The van der Waals surface area contributed by atoms with Gasteiger partial charge in [0.15, 0.2) is 0 Å². The molecule has 0 fully saturated rings. The summed E-state index contributed by atoms with van der Waals surface area (Å²) < 4.78 is 26.5. The second-order valence-electron chi connectivity index (χ2n) is 11.5. The molecule has 0 aromatic heterocycles. The first-order valence-electron chi connectivity index (χ1n) is 17.6. The Balaban J connectivity index is 3.64. The number of amides is 1. The summed E-state index contributed by atoms with van der Waals surface area (Å²) in [6, 6.07) is 0. The van der Waals surface area contributed by atoms with Gasteiger partial charge in [-0.2, -0.15) is 0 Å². The smallest absolute Gasteiger partial charge is 0.463 e. The Morgan fingerprint density at radius 1 is 0.674 bits per heavy atom. The molecule has 0 aromatic carbocycles. The van der Waals surface area contributed by atoms with Gasteiger partial charge in [-0.05, 0) is 57.8 Å². The Labute approximate surface area is 279 Å². The van der Waals surface area contributed by atoms with Crippen LogP contribution in [0.25, 0.3) is 0 Å². The fourth-order valence-electron chi connectivity index (χ4n) is 4.30. The lowest BCUT2D eigenvalue weighted by Crippen LogP contribution is -2.27. The molecule has 9 nitrogen and oxygen atoms in total. The Morgan fingerprint density at radius 2 is 1.17 bits per heavy atom. The van der Waals surface area contributed by atoms with Crippen LogP contribution in [0.3, 0.4) is 0 Å². The molecule has 2 unspecified atom stereocenters. The third kappa shape index (κ3) is 33.3. The van der Waals surface area contributed by atoms with E-state index in [1.165, 1.54) is 25.7 Å². The second-order valence-corrected chi connectivity index (χ2v) is 12.9.